The van der Waals surface area contributed by atoms with E-state index >= 15 is 0 Å². The van der Waals surface area contributed by atoms with Crippen molar-refractivity contribution in [3.8, 4) is 0 Å². The molecule has 0 aromatic heterocycles. The van der Waals surface area contributed by atoms with Gasteiger partial charge in [0, 0.05) is 18.4 Å². The zero-order valence-corrected chi connectivity index (χ0v) is 15.5. The summed E-state index contributed by atoms with van der Waals surface area (Å²) in [5, 5.41) is 0. The van der Waals surface area contributed by atoms with Crippen molar-refractivity contribution in [2.75, 3.05) is 13.4 Å². The third kappa shape index (κ3) is 4.37. The van der Waals surface area contributed by atoms with Crippen LogP contribution < -0.4 is 0 Å². The summed E-state index contributed by atoms with van der Waals surface area (Å²) in [5.41, 5.74) is 0.826. The molecule has 5 heteroatoms. The number of esters is 1. The summed E-state index contributed by atoms with van der Waals surface area (Å²) in [6.07, 6.45) is 7.05. The first-order valence-corrected chi connectivity index (χ1v) is 9.05. The van der Waals surface area contributed by atoms with Gasteiger partial charge in [-0.1, -0.05) is 30.4 Å². The minimum absolute atomic E-state index is 0.0588. The van der Waals surface area contributed by atoms with Crippen LogP contribution in [0.1, 0.15) is 36.5 Å². The molecular weight excluding hydrogens is 344 g/mol. The topological polar surface area (TPSA) is 61.8 Å². The van der Waals surface area contributed by atoms with Gasteiger partial charge in [0.15, 0.2) is 12.6 Å². The maximum absolute atomic E-state index is 12.2. The van der Waals surface area contributed by atoms with E-state index in [0.717, 1.165) is 5.57 Å². The van der Waals surface area contributed by atoms with E-state index in [1.54, 1.807) is 36.4 Å². The molecule has 1 saturated heterocycles. The van der Waals surface area contributed by atoms with Gasteiger partial charge in [-0.2, -0.15) is 0 Å². The molecule has 2 atom stereocenters. The first-order valence-electron chi connectivity index (χ1n) is 9.05. The standard InChI is InChI=1S/C22H24O5/c1-3-7-18-13-22(20(12-19(18)23)26-15-27-22)11-10-16(2)14-25-21(24)17-8-5-4-6-9-17/h3-6,8-10,12,18H,1,7,11,13-15H2,2H3/t18-,22+/m0/s1. The van der Waals surface area contributed by atoms with Crippen LogP contribution in [0.2, 0.25) is 0 Å². The molecule has 0 saturated carbocycles. The summed E-state index contributed by atoms with van der Waals surface area (Å²) < 4.78 is 16.8. The Kier molecular flexibility index (Phi) is 5.91. The van der Waals surface area contributed by atoms with Gasteiger partial charge in [-0.3, -0.25) is 4.79 Å². The van der Waals surface area contributed by atoms with Crippen LogP contribution in [-0.2, 0) is 19.0 Å². The molecule has 1 aromatic rings. The second-order valence-corrected chi connectivity index (χ2v) is 6.93. The number of ketones is 1. The smallest absolute Gasteiger partial charge is 0.338 e. The lowest BCUT2D eigenvalue weighted by Crippen LogP contribution is -2.38. The van der Waals surface area contributed by atoms with Crippen LogP contribution in [0.5, 0.6) is 0 Å². The number of ether oxygens (including phenoxy) is 3. The van der Waals surface area contributed by atoms with E-state index in [2.05, 4.69) is 6.58 Å². The molecule has 0 unspecified atom stereocenters. The fourth-order valence-corrected chi connectivity index (χ4v) is 3.37. The number of carbonyl (C=O) groups is 2. The minimum Gasteiger partial charge on any atom is -0.469 e. The van der Waals surface area contributed by atoms with E-state index in [0.29, 0.717) is 30.6 Å². The Hall–Kier alpha value is -2.66. The summed E-state index contributed by atoms with van der Waals surface area (Å²) in [4.78, 5) is 24.2. The quantitative estimate of drug-likeness (QED) is 0.538. The minimum atomic E-state index is -0.619. The van der Waals surface area contributed by atoms with E-state index in [-0.39, 0.29) is 31.1 Å². The molecule has 1 aliphatic heterocycles. The molecule has 0 amide bonds. The van der Waals surface area contributed by atoms with Crippen molar-refractivity contribution in [3.05, 3.63) is 72.0 Å². The Bertz CT molecular complexity index is 777. The molecule has 5 nitrogen and oxygen atoms in total. The van der Waals surface area contributed by atoms with E-state index in [9.17, 15) is 9.59 Å². The third-order valence-corrected chi connectivity index (χ3v) is 4.92. The molecule has 1 aliphatic carbocycles. The van der Waals surface area contributed by atoms with Gasteiger partial charge < -0.3 is 14.2 Å². The number of allylic oxidation sites excluding steroid dienone is 2. The molecule has 142 valence electrons. The van der Waals surface area contributed by atoms with Crippen LogP contribution in [-0.4, -0.2) is 30.8 Å². The lowest BCUT2D eigenvalue weighted by Gasteiger charge is -2.32. The van der Waals surface area contributed by atoms with Crippen molar-refractivity contribution >= 4 is 11.8 Å². The molecule has 0 spiro atoms. The Balaban J connectivity index is 1.63. The highest BCUT2D eigenvalue weighted by Crippen LogP contribution is 2.43. The zero-order chi connectivity index (χ0) is 19.3. The Labute approximate surface area is 159 Å². The molecule has 0 N–H and O–H groups in total. The van der Waals surface area contributed by atoms with Crippen LogP contribution >= 0.6 is 0 Å². The van der Waals surface area contributed by atoms with Gasteiger partial charge >= 0.3 is 5.97 Å². The van der Waals surface area contributed by atoms with Gasteiger partial charge in [-0.25, -0.2) is 4.79 Å². The van der Waals surface area contributed by atoms with Gasteiger partial charge in [-0.05, 0) is 37.5 Å². The average Bonchev–Trinajstić information content (AvgIpc) is 3.08. The summed E-state index contributed by atoms with van der Waals surface area (Å²) in [6, 6.07) is 8.89. The zero-order valence-electron chi connectivity index (χ0n) is 15.5. The van der Waals surface area contributed by atoms with Gasteiger partial charge in [0.25, 0.3) is 0 Å². The van der Waals surface area contributed by atoms with Crippen molar-refractivity contribution in [2.24, 2.45) is 5.92 Å². The number of carbonyl (C=O) groups excluding carboxylic acids is 2. The highest BCUT2D eigenvalue weighted by Gasteiger charge is 2.47. The lowest BCUT2D eigenvalue weighted by atomic mass is 9.77. The number of hydrogen-bond donors (Lipinski definition) is 0. The largest absolute Gasteiger partial charge is 0.469 e. The second kappa shape index (κ2) is 8.35. The van der Waals surface area contributed by atoms with Crippen molar-refractivity contribution in [1.82, 2.24) is 0 Å². The van der Waals surface area contributed by atoms with Crippen molar-refractivity contribution < 1.29 is 23.8 Å². The maximum Gasteiger partial charge on any atom is 0.338 e. The number of hydrogen-bond acceptors (Lipinski definition) is 5. The van der Waals surface area contributed by atoms with E-state index in [1.165, 1.54) is 0 Å². The van der Waals surface area contributed by atoms with Crippen LogP contribution in [0.3, 0.4) is 0 Å². The van der Waals surface area contributed by atoms with Gasteiger partial charge in [-0.15, -0.1) is 6.58 Å². The summed E-state index contributed by atoms with van der Waals surface area (Å²) in [7, 11) is 0. The Morgan fingerprint density at radius 1 is 1.37 bits per heavy atom. The number of benzene rings is 1. The molecule has 27 heavy (non-hydrogen) atoms. The van der Waals surface area contributed by atoms with Crippen molar-refractivity contribution in [1.29, 1.82) is 0 Å². The average molecular weight is 368 g/mol. The van der Waals surface area contributed by atoms with E-state index in [4.69, 9.17) is 14.2 Å². The van der Waals surface area contributed by atoms with Gasteiger partial charge in [0.05, 0.1) is 5.56 Å². The molecule has 2 aliphatic rings. The molecule has 0 radical (unpaired) electrons. The Morgan fingerprint density at radius 2 is 2.15 bits per heavy atom. The molecular formula is C22H24O5. The second-order valence-electron chi connectivity index (χ2n) is 6.93. The number of fused-ring (bicyclic) bond motifs is 1. The monoisotopic (exact) mass is 368 g/mol. The predicted octanol–water partition coefficient (Wildman–Crippen LogP) is 3.97. The lowest BCUT2D eigenvalue weighted by molar-refractivity contribution is -0.121. The molecule has 3 rings (SSSR count). The predicted molar refractivity (Wildman–Crippen MR) is 101 cm³/mol. The fraction of sp³-hybridized carbons (Fsp3) is 0.364. The van der Waals surface area contributed by atoms with Crippen molar-refractivity contribution in [2.45, 2.75) is 31.8 Å². The van der Waals surface area contributed by atoms with Crippen LogP contribution in [0.4, 0.5) is 0 Å². The number of rotatable bonds is 7. The van der Waals surface area contributed by atoms with Crippen LogP contribution in [0, 0.1) is 5.92 Å². The van der Waals surface area contributed by atoms with Gasteiger partial charge in [0.1, 0.15) is 18.0 Å². The molecule has 1 fully saturated rings. The molecule has 1 aromatic carbocycles. The first kappa shape index (κ1) is 19.1. The van der Waals surface area contributed by atoms with Crippen LogP contribution in [0.15, 0.2) is 66.5 Å². The summed E-state index contributed by atoms with van der Waals surface area (Å²) in [5.74, 6) is 0.163. The van der Waals surface area contributed by atoms with Crippen LogP contribution in [0.25, 0.3) is 0 Å². The normalized spacial score (nSPS) is 24.6. The maximum atomic E-state index is 12.2. The van der Waals surface area contributed by atoms with Gasteiger partial charge in [0.2, 0.25) is 0 Å². The highest BCUT2D eigenvalue weighted by molar-refractivity contribution is 5.93. The SMILES string of the molecule is C=CC[C@H]1C[C@@]2(CC=C(C)COC(=O)c3ccccc3)OCOC2=CC1=O. The molecule has 0 bridgehead atoms. The summed E-state index contributed by atoms with van der Waals surface area (Å²) >= 11 is 0. The third-order valence-electron chi connectivity index (χ3n) is 4.92. The summed E-state index contributed by atoms with van der Waals surface area (Å²) in [6.45, 7) is 5.99. The van der Waals surface area contributed by atoms with Crippen molar-refractivity contribution in [3.63, 3.8) is 0 Å². The van der Waals surface area contributed by atoms with E-state index < -0.39 is 5.60 Å². The van der Waals surface area contributed by atoms with E-state index in [1.807, 2.05) is 19.1 Å². The first-order chi connectivity index (χ1) is 13.0. The fourth-order valence-electron chi connectivity index (χ4n) is 3.37. The molecule has 1 heterocycles. The Morgan fingerprint density at radius 3 is 2.89 bits per heavy atom. The highest BCUT2D eigenvalue weighted by atomic mass is 16.7.